The number of hydrogen-bond acceptors (Lipinski definition) is 5. The Balaban J connectivity index is 1.70. The van der Waals surface area contributed by atoms with E-state index in [0.717, 1.165) is 43.4 Å². The zero-order chi connectivity index (χ0) is 22.6. The lowest BCUT2D eigenvalue weighted by atomic mass is 9.77. The number of hydrazone groups is 1. The van der Waals surface area contributed by atoms with Crippen molar-refractivity contribution in [2.45, 2.75) is 50.7 Å². The maximum Gasteiger partial charge on any atom is 0.143 e. The van der Waals surface area contributed by atoms with Gasteiger partial charge in [0.2, 0.25) is 0 Å². The summed E-state index contributed by atoms with van der Waals surface area (Å²) in [6.45, 7) is 2.34. The molecule has 1 saturated carbocycles. The molecule has 2 fully saturated rings. The fourth-order valence-electron chi connectivity index (χ4n) is 5.53. The summed E-state index contributed by atoms with van der Waals surface area (Å²) in [7, 11) is 1.77. The van der Waals surface area contributed by atoms with E-state index in [1.165, 1.54) is 6.92 Å². The third kappa shape index (κ3) is 4.14. The SMILES string of the molecule is COC(c1ccccc1)(c1ccccc1)[C@@H]1CCCN1/N=C/[C@@H]1CCCC(=O)[C@H]1C(C)=O. The van der Waals surface area contributed by atoms with Crippen LogP contribution in [0, 0.1) is 11.8 Å². The molecule has 1 heterocycles. The van der Waals surface area contributed by atoms with Crippen LogP contribution in [0.2, 0.25) is 0 Å². The van der Waals surface area contributed by atoms with Crippen LogP contribution in [0.1, 0.15) is 50.2 Å². The van der Waals surface area contributed by atoms with E-state index in [-0.39, 0.29) is 23.5 Å². The molecular formula is C27H32N2O3. The minimum atomic E-state index is -0.668. The van der Waals surface area contributed by atoms with Gasteiger partial charge in [-0.05, 0) is 43.7 Å². The van der Waals surface area contributed by atoms with Gasteiger partial charge < -0.3 is 4.74 Å². The van der Waals surface area contributed by atoms with Gasteiger partial charge >= 0.3 is 0 Å². The summed E-state index contributed by atoms with van der Waals surface area (Å²) in [5, 5.41) is 7.00. The Kier molecular flexibility index (Phi) is 6.85. The second kappa shape index (κ2) is 9.78. The van der Waals surface area contributed by atoms with Crippen LogP contribution in [0.3, 0.4) is 0 Å². The smallest absolute Gasteiger partial charge is 0.143 e. The van der Waals surface area contributed by atoms with Crippen molar-refractivity contribution < 1.29 is 14.3 Å². The van der Waals surface area contributed by atoms with Crippen LogP contribution in [0.5, 0.6) is 0 Å². The molecule has 0 amide bonds. The summed E-state index contributed by atoms with van der Waals surface area (Å²) in [4.78, 5) is 24.5. The fourth-order valence-corrected chi connectivity index (χ4v) is 5.53. The highest BCUT2D eigenvalue weighted by Gasteiger charge is 2.47. The maximum atomic E-state index is 12.4. The predicted octanol–water partition coefficient (Wildman–Crippen LogP) is 4.60. The van der Waals surface area contributed by atoms with Crippen LogP contribution in [0.4, 0.5) is 0 Å². The molecule has 0 radical (unpaired) electrons. The first-order chi connectivity index (χ1) is 15.6. The van der Waals surface area contributed by atoms with Crippen molar-refractivity contribution >= 4 is 17.8 Å². The largest absolute Gasteiger partial charge is 0.367 e. The van der Waals surface area contributed by atoms with Crippen LogP contribution in [0.15, 0.2) is 65.8 Å². The predicted molar refractivity (Wildman–Crippen MR) is 125 cm³/mol. The molecule has 2 aromatic carbocycles. The Morgan fingerprint density at radius 2 is 1.66 bits per heavy atom. The van der Waals surface area contributed by atoms with Crippen molar-refractivity contribution in [3.63, 3.8) is 0 Å². The van der Waals surface area contributed by atoms with E-state index < -0.39 is 11.5 Å². The lowest BCUT2D eigenvalue weighted by Crippen LogP contribution is -2.48. The molecule has 0 unspecified atom stereocenters. The monoisotopic (exact) mass is 432 g/mol. The van der Waals surface area contributed by atoms with Crippen molar-refractivity contribution in [2.75, 3.05) is 13.7 Å². The number of ketones is 2. The molecule has 4 rings (SSSR count). The number of Topliss-reactive ketones (excluding diaryl/α,β-unsaturated/α-hetero) is 2. The molecule has 1 aliphatic carbocycles. The van der Waals surface area contributed by atoms with Gasteiger partial charge in [-0.1, -0.05) is 60.7 Å². The number of hydrogen-bond donors (Lipinski definition) is 0. The molecule has 0 aromatic heterocycles. The zero-order valence-electron chi connectivity index (χ0n) is 18.9. The molecule has 2 aromatic rings. The van der Waals surface area contributed by atoms with Crippen LogP contribution in [-0.2, 0) is 19.9 Å². The van der Waals surface area contributed by atoms with Gasteiger partial charge in [0.1, 0.15) is 17.2 Å². The first-order valence-electron chi connectivity index (χ1n) is 11.6. The number of rotatable bonds is 7. The van der Waals surface area contributed by atoms with Gasteiger partial charge in [0.05, 0.1) is 12.0 Å². The average molecular weight is 433 g/mol. The van der Waals surface area contributed by atoms with Gasteiger partial charge in [0.15, 0.2) is 0 Å². The van der Waals surface area contributed by atoms with Gasteiger partial charge in [0.25, 0.3) is 0 Å². The maximum absolute atomic E-state index is 12.4. The van der Waals surface area contributed by atoms with Crippen LogP contribution >= 0.6 is 0 Å². The topological polar surface area (TPSA) is 59.0 Å². The van der Waals surface area contributed by atoms with Gasteiger partial charge in [-0.15, -0.1) is 0 Å². The summed E-state index contributed by atoms with van der Waals surface area (Å²) in [5.74, 6) is -0.675. The molecule has 168 valence electrons. The fraction of sp³-hybridized carbons (Fsp3) is 0.444. The summed E-state index contributed by atoms with van der Waals surface area (Å²) in [5.41, 5.74) is 1.52. The molecule has 0 N–H and O–H groups in total. The Labute approximate surface area is 190 Å². The van der Waals surface area contributed by atoms with E-state index in [1.807, 2.05) is 42.6 Å². The molecule has 5 nitrogen and oxygen atoms in total. The number of benzene rings is 2. The first-order valence-corrected chi connectivity index (χ1v) is 11.6. The van der Waals surface area contributed by atoms with Crippen molar-refractivity contribution in [3.8, 4) is 0 Å². The standard InChI is InChI=1S/C27H32N2O3/c1-20(30)26-21(11-9-16-24(26)31)19-28-29-18-10-17-25(29)27(32-2,22-12-5-3-6-13-22)23-14-7-4-8-15-23/h3-8,12-15,19,21,25-26H,9-11,16-18H2,1-2H3/b28-19+/t21-,25-,26-/m0/s1. The average Bonchev–Trinajstić information content (AvgIpc) is 3.29. The van der Waals surface area contributed by atoms with Gasteiger partial charge in [-0.25, -0.2) is 0 Å². The number of methoxy groups -OCH3 is 1. The van der Waals surface area contributed by atoms with Crippen molar-refractivity contribution in [1.29, 1.82) is 0 Å². The lowest BCUT2D eigenvalue weighted by Gasteiger charge is -2.42. The molecule has 3 atom stereocenters. The number of ether oxygens (including phenoxy) is 1. The molecule has 1 aliphatic heterocycles. The number of nitrogens with zero attached hydrogens (tertiary/aromatic N) is 2. The molecule has 1 saturated heterocycles. The van der Waals surface area contributed by atoms with E-state index in [4.69, 9.17) is 9.84 Å². The highest BCUT2D eigenvalue weighted by molar-refractivity contribution is 6.04. The molecule has 2 aliphatic rings. The zero-order valence-corrected chi connectivity index (χ0v) is 18.9. The van der Waals surface area contributed by atoms with Crippen molar-refractivity contribution in [3.05, 3.63) is 71.8 Å². The van der Waals surface area contributed by atoms with Crippen LogP contribution in [-0.4, -0.2) is 42.5 Å². The molecule has 32 heavy (non-hydrogen) atoms. The minimum Gasteiger partial charge on any atom is -0.367 e. The Hall–Kier alpha value is -2.79. The summed E-state index contributed by atoms with van der Waals surface area (Å²) in [6, 6.07) is 20.7. The molecule has 5 heteroatoms. The molecular weight excluding hydrogens is 400 g/mol. The Morgan fingerprint density at radius 1 is 1.03 bits per heavy atom. The minimum absolute atomic E-state index is 0.00335. The number of carbonyl (C=O) groups is 2. The van der Waals surface area contributed by atoms with Crippen molar-refractivity contribution in [2.24, 2.45) is 16.9 Å². The van der Waals surface area contributed by atoms with E-state index >= 15 is 0 Å². The quantitative estimate of drug-likeness (QED) is 0.474. The lowest BCUT2D eigenvalue weighted by molar-refractivity contribution is -0.134. The third-order valence-corrected chi connectivity index (χ3v) is 7.00. The second-order valence-electron chi connectivity index (χ2n) is 8.87. The second-order valence-corrected chi connectivity index (χ2v) is 8.87. The third-order valence-electron chi connectivity index (χ3n) is 7.00. The summed E-state index contributed by atoms with van der Waals surface area (Å²) >= 11 is 0. The normalized spacial score (nSPS) is 24.2. The van der Waals surface area contributed by atoms with Gasteiger partial charge in [-0.2, -0.15) is 5.10 Å². The Bertz CT molecular complexity index is 918. The summed E-state index contributed by atoms with van der Waals surface area (Å²) < 4.78 is 6.37. The van der Waals surface area contributed by atoms with Crippen LogP contribution < -0.4 is 0 Å². The van der Waals surface area contributed by atoms with E-state index in [0.29, 0.717) is 6.42 Å². The molecule has 0 spiro atoms. The van der Waals surface area contributed by atoms with Gasteiger partial charge in [0, 0.05) is 32.2 Å². The highest BCUT2D eigenvalue weighted by Crippen LogP contribution is 2.43. The summed E-state index contributed by atoms with van der Waals surface area (Å²) in [6.07, 6.45) is 5.94. The van der Waals surface area contributed by atoms with Crippen LogP contribution in [0.25, 0.3) is 0 Å². The van der Waals surface area contributed by atoms with Crippen molar-refractivity contribution in [1.82, 2.24) is 5.01 Å². The first kappa shape index (κ1) is 22.4. The highest BCUT2D eigenvalue weighted by atomic mass is 16.5. The van der Waals surface area contributed by atoms with Gasteiger partial charge in [-0.3, -0.25) is 14.6 Å². The van der Waals surface area contributed by atoms with E-state index in [2.05, 4.69) is 29.3 Å². The van der Waals surface area contributed by atoms with E-state index in [1.54, 1.807) is 7.11 Å². The Morgan fingerprint density at radius 3 is 2.22 bits per heavy atom. The molecule has 0 bridgehead atoms. The number of carbonyl (C=O) groups excluding carboxylic acids is 2. The van der Waals surface area contributed by atoms with E-state index in [9.17, 15) is 9.59 Å².